The van der Waals surface area contributed by atoms with Crippen LogP contribution in [0.25, 0.3) is 0 Å². The van der Waals surface area contributed by atoms with Gasteiger partial charge in [-0.1, -0.05) is 330 Å². The molecule has 93 heavy (non-hydrogen) atoms. The molecule has 0 saturated carbocycles. The monoisotopic (exact) mass is 1370 g/mol. The number of carbonyl (C=O) groups excluding carboxylic acids is 4. The molecule has 0 aromatic rings. The summed E-state index contributed by atoms with van der Waals surface area (Å²) in [5, 5.41) is 10.6. The number of carbonyl (C=O) groups is 4. The first kappa shape index (κ1) is 91.1. The minimum atomic E-state index is -4.95. The van der Waals surface area contributed by atoms with E-state index in [0.717, 1.165) is 108 Å². The second-order valence-electron chi connectivity index (χ2n) is 27.6. The van der Waals surface area contributed by atoms with Gasteiger partial charge in [0.25, 0.3) is 0 Å². The lowest BCUT2D eigenvalue weighted by atomic mass is 10.0. The molecule has 3 N–H and O–H groups in total. The average Bonchev–Trinajstić information content (AvgIpc) is 2.26. The molecule has 0 amide bonds. The van der Waals surface area contributed by atoms with Crippen molar-refractivity contribution in [2.45, 2.75) is 400 Å². The van der Waals surface area contributed by atoms with Crippen LogP contribution in [0.5, 0.6) is 0 Å². The lowest BCUT2D eigenvalue weighted by Gasteiger charge is -2.21. The Morgan fingerprint density at radius 1 is 0.290 bits per heavy atom. The molecule has 17 nitrogen and oxygen atoms in total. The Balaban J connectivity index is 5.22. The third-order valence-electron chi connectivity index (χ3n) is 17.2. The lowest BCUT2D eigenvalue weighted by molar-refractivity contribution is -0.161. The van der Waals surface area contributed by atoms with Gasteiger partial charge in [0.1, 0.15) is 19.3 Å². The average molecular weight is 1370 g/mol. The van der Waals surface area contributed by atoms with Crippen molar-refractivity contribution in [3.8, 4) is 0 Å². The third-order valence-corrected chi connectivity index (χ3v) is 19.1. The van der Waals surface area contributed by atoms with Crippen LogP contribution in [0.3, 0.4) is 0 Å². The topological polar surface area (TPSA) is 237 Å². The molecule has 0 saturated heterocycles. The molecule has 0 aromatic heterocycles. The van der Waals surface area contributed by atoms with E-state index in [0.29, 0.717) is 25.7 Å². The van der Waals surface area contributed by atoms with Crippen LogP contribution in [0, 0.1) is 11.8 Å². The summed E-state index contributed by atoms with van der Waals surface area (Å²) in [7, 11) is -9.90. The molecule has 0 heterocycles. The summed E-state index contributed by atoms with van der Waals surface area (Å²) in [5.41, 5.74) is 0. The van der Waals surface area contributed by atoms with Crippen molar-refractivity contribution in [3.05, 3.63) is 0 Å². The Hall–Kier alpha value is -1.94. The van der Waals surface area contributed by atoms with E-state index in [1.165, 1.54) is 193 Å². The number of esters is 4. The molecule has 0 radical (unpaired) electrons. The van der Waals surface area contributed by atoms with Crippen LogP contribution in [0.2, 0.25) is 0 Å². The SMILES string of the molecule is CCCCCCCCCCCCCCCCCC(=O)OC[C@H](COP(=O)(O)OC[C@@H](O)COP(=O)(O)OC[C@@H](COC(=O)CCCCCCCCCC)OC(=O)CCCCCCCCCCCCCC(C)C)OC(=O)CCCCCCCCCCCCCCCC(C)C. The van der Waals surface area contributed by atoms with E-state index in [1.807, 2.05) is 0 Å². The van der Waals surface area contributed by atoms with Crippen LogP contribution in [-0.2, 0) is 65.4 Å². The summed E-state index contributed by atoms with van der Waals surface area (Å²) in [6.45, 7) is 9.58. The molecular formula is C74H144O17P2. The number of aliphatic hydroxyl groups is 1. The smallest absolute Gasteiger partial charge is 0.462 e. The van der Waals surface area contributed by atoms with E-state index in [1.54, 1.807) is 0 Å². The summed E-state index contributed by atoms with van der Waals surface area (Å²) in [5.74, 6) is -0.567. The standard InChI is InChI=1S/C74H144O17P2/c1-7-9-11-13-15-17-18-19-20-23-28-33-39-45-51-57-72(77)85-63-70(91-73(78)58-52-46-40-34-29-24-21-22-26-31-36-42-48-54-66(3)4)65-89-93(82,83)87-61-68(75)60-86-92(80,81)88-64-69(62-84-71(76)56-50-44-38-16-14-12-10-8-2)90-74(79)59-53-47-41-35-30-25-27-32-37-43-49-55-67(5)6/h66-70,75H,7-65H2,1-6H3,(H,80,81)(H,82,83)/t68-,69+,70+/m0/s1. The lowest BCUT2D eigenvalue weighted by Crippen LogP contribution is -2.30. The highest BCUT2D eigenvalue weighted by atomic mass is 31.2. The van der Waals surface area contributed by atoms with Crippen molar-refractivity contribution in [1.29, 1.82) is 0 Å². The number of aliphatic hydroxyl groups excluding tert-OH is 1. The van der Waals surface area contributed by atoms with E-state index >= 15 is 0 Å². The molecule has 0 fully saturated rings. The normalized spacial score (nSPS) is 14.1. The van der Waals surface area contributed by atoms with Crippen LogP contribution in [0.1, 0.15) is 382 Å². The number of ether oxygens (including phenoxy) is 4. The van der Waals surface area contributed by atoms with Crippen LogP contribution in [0.4, 0.5) is 0 Å². The Morgan fingerprint density at radius 3 is 0.731 bits per heavy atom. The molecule has 552 valence electrons. The van der Waals surface area contributed by atoms with E-state index in [2.05, 4.69) is 41.5 Å². The first-order valence-electron chi connectivity index (χ1n) is 38.5. The number of unbranched alkanes of at least 4 members (excludes halogenated alkanes) is 43. The highest BCUT2D eigenvalue weighted by molar-refractivity contribution is 7.47. The van der Waals surface area contributed by atoms with Gasteiger partial charge in [0.2, 0.25) is 0 Å². The van der Waals surface area contributed by atoms with Gasteiger partial charge in [-0.25, -0.2) is 9.13 Å². The van der Waals surface area contributed by atoms with Gasteiger partial charge in [-0.15, -0.1) is 0 Å². The highest BCUT2D eigenvalue weighted by Gasteiger charge is 2.30. The second kappa shape index (κ2) is 66.0. The summed E-state index contributed by atoms with van der Waals surface area (Å²) >= 11 is 0. The maximum atomic E-state index is 13.1. The fourth-order valence-electron chi connectivity index (χ4n) is 11.3. The van der Waals surface area contributed by atoms with Gasteiger partial charge >= 0.3 is 39.5 Å². The molecule has 5 atom stereocenters. The number of phosphoric acid groups is 2. The molecular weight excluding hydrogens is 1220 g/mol. The molecule has 2 unspecified atom stereocenters. The van der Waals surface area contributed by atoms with Crippen LogP contribution < -0.4 is 0 Å². The van der Waals surface area contributed by atoms with Crippen LogP contribution in [-0.4, -0.2) is 96.7 Å². The van der Waals surface area contributed by atoms with Gasteiger partial charge in [0, 0.05) is 25.7 Å². The molecule has 0 bridgehead atoms. The number of phosphoric ester groups is 2. The van der Waals surface area contributed by atoms with Crippen LogP contribution in [0.15, 0.2) is 0 Å². The maximum absolute atomic E-state index is 13.1. The van der Waals surface area contributed by atoms with E-state index in [-0.39, 0.29) is 25.7 Å². The first-order chi connectivity index (χ1) is 44.9. The van der Waals surface area contributed by atoms with E-state index < -0.39 is 97.5 Å². The minimum absolute atomic E-state index is 0.106. The van der Waals surface area contributed by atoms with Gasteiger partial charge in [-0.3, -0.25) is 37.3 Å². The Morgan fingerprint density at radius 2 is 0.495 bits per heavy atom. The van der Waals surface area contributed by atoms with Crippen LogP contribution >= 0.6 is 15.6 Å². The van der Waals surface area contributed by atoms with Crippen molar-refractivity contribution in [1.82, 2.24) is 0 Å². The number of hydrogen-bond donors (Lipinski definition) is 3. The number of hydrogen-bond acceptors (Lipinski definition) is 15. The molecule has 0 spiro atoms. The Bertz CT molecular complexity index is 1800. The predicted octanol–water partition coefficient (Wildman–Crippen LogP) is 21.6. The van der Waals surface area contributed by atoms with Gasteiger partial charge in [-0.05, 0) is 37.5 Å². The quantitative estimate of drug-likeness (QED) is 0.0222. The molecule has 0 aliphatic rings. The minimum Gasteiger partial charge on any atom is -0.462 e. The summed E-state index contributed by atoms with van der Waals surface area (Å²) in [6.07, 6.45) is 52.7. The first-order valence-corrected chi connectivity index (χ1v) is 41.5. The molecule has 0 aliphatic carbocycles. The van der Waals surface area contributed by atoms with Gasteiger partial charge < -0.3 is 33.8 Å². The molecule has 0 aliphatic heterocycles. The van der Waals surface area contributed by atoms with Crippen molar-refractivity contribution < 1.29 is 80.2 Å². The van der Waals surface area contributed by atoms with Gasteiger partial charge in [0.05, 0.1) is 26.4 Å². The van der Waals surface area contributed by atoms with Crippen molar-refractivity contribution in [2.75, 3.05) is 39.6 Å². The fourth-order valence-corrected chi connectivity index (χ4v) is 12.9. The molecule has 19 heteroatoms. The summed E-state index contributed by atoms with van der Waals surface area (Å²) in [6, 6.07) is 0. The van der Waals surface area contributed by atoms with Crippen molar-refractivity contribution in [2.24, 2.45) is 11.8 Å². The highest BCUT2D eigenvalue weighted by Crippen LogP contribution is 2.45. The Kier molecular flexibility index (Phi) is 64.6. The summed E-state index contributed by atoms with van der Waals surface area (Å²) in [4.78, 5) is 72.7. The maximum Gasteiger partial charge on any atom is 0.472 e. The van der Waals surface area contributed by atoms with Gasteiger partial charge in [0.15, 0.2) is 12.2 Å². The second-order valence-corrected chi connectivity index (χ2v) is 30.5. The van der Waals surface area contributed by atoms with E-state index in [4.69, 9.17) is 37.0 Å². The third kappa shape index (κ3) is 68.4. The zero-order chi connectivity index (χ0) is 68.6. The summed E-state index contributed by atoms with van der Waals surface area (Å²) < 4.78 is 68.4. The molecule has 0 rings (SSSR count). The van der Waals surface area contributed by atoms with Crippen molar-refractivity contribution in [3.63, 3.8) is 0 Å². The number of rotatable bonds is 73. The largest absolute Gasteiger partial charge is 0.472 e. The van der Waals surface area contributed by atoms with Crippen molar-refractivity contribution >= 4 is 39.5 Å². The predicted molar refractivity (Wildman–Crippen MR) is 377 cm³/mol. The van der Waals surface area contributed by atoms with E-state index in [9.17, 15) is 43.2 Å². The zero-order valence-electron chi connectivity index (χ0n) is 60.6. The van der Waals surface area contributed by atoms with Gasteiger partial charge in [-0.2, -0.15) is 0 Å². The Labute approximate surface area is 568 Å². The molecule has 0 aromatic carbocycles. The fraction of sp³-hybridized carbons (Fsp3) is 0.946. The zero-order valence-corrected chi connectivity index (χ0v) is 62.3.